The molecule has 3 aromatic carbocycles. The molecule has 0 saturated carbocycles. The van der Waals surface area contributed by atoms with Crippen LogP contribution in [-0.4, -0.2) is 112 Å². The van der Waals surface area contributed by atoms with E-state index in [1.54, 1.807) is 30.4 Å². The molecule has 8 rings (SSSR count). The molecular weight excluding hydrogens is 829 g/mol. The smallest absolute Gasteiger partial charge is 0.407 e. The zero-order valence-electron chi connectivity index (χ0n) is 37.7. The Morgan fingerprint density at radius 3 is 2.60 bits per heavy atom. The first-order valence-corrected chi connectivity index (χ1v) is 22.1. The molecule has 3 aliphatic heterocycles. The minimum absolute atomic E-state index is 0.0692. The molecule has 65 heavy (non-hydrogen) atoms. The van der Waals surface area contributed by atoms with Crippen LogP contribution in [0.15, 0.2) is 85.1 Å². The zero-order valence-corrected chi connectivity index (χ0v) is 37.7. The van der Waals surface area contributed by atoms with Gasteiger partial charge in [-0.15, -0.1) is 0 Å². The fourth-order valence-corrected chi connectivity index (χ4v) is 9.36. The van der Waals surface area contributed by atoms with E-state index in [9.17, 15) is 19.5 Å². The van der Waals surface area contributed by atoms with Crippen LogP contribution in [0.4, 0.5) is 4.79 Å². The Morgan fingerprint density at radius 2 is 1.85 bits per heavy atom. The number of allylic oxidation sites excluding steroid dienone is 3. The molecule has 6 atom stereocenters. The van der Waals surface area contributed by atoms with Gasteiger partial charge < -0.3 is 49.1 Å². The van der Waals surface area contributed by atoms with Gasteiger partial charge in [-0.25, -0.2) is 14.8 Å². The number of rotatable bonds is 15. The summed E-state index contributed by atoms with van der Waals surface area (Å²) in [6, 6.07) is 12.3. The normalized spacial score (nSPS) is 19.8. The van der Waals surface area contributed by atoms with Crippen molar-refractivity contribution >= 4 is 39.7 Å². The van der Waals surface area contributed by atoms with Gasteiger partial charge in [-0.1, -0.05) is 62.9 Å². The molecule has 5 N–H and O–H groups in total. The van der Waals surface area contributed by atoms with Gasteiger partial charge in [0.1, 0.15) is 36.1 Å². The Labute approximate surface area is 378 Å². The number of aromatic amines is 2. The second kappa shape index (κ2) is 19.4. The second-order valence-electron chi connectivity index (χ2n) is 17.3. The van der Waals surface area contributed by atoms with E-state index in [0.29, 0.717) is 49.9 Å². The van der Waals surface area contributed by atoms with E-state index < -0.39 is 24.6 Å². The summed E-state index contributed by atoms with van der Waals surface area (Å²) < 4.78 is 21.8. The molecular formula is C49H58N8O8. The van der Waals surface area contributed by atoms with Crippen LogP contribution in [0.25, 0.3) is 44.2 Å². The summed E-state index contributed by atoms with van der Waals surface area (Å²) in [5, 5.41) is 17.9. The van der Waals surface area contributed by atoms with Gasteiger partial charge in [-0.2, -0.15) is 0 Å². The molecule has 2 fully saturated rings. The van der Waals surface area contributed by atoms with Crippen molar-refractivity contribution in [2.45, 2.75) is 77.2 Å². The molecule has 0 radical (unpaired) electrons. The third-order valence-corrected chi connectivity index (χ3v) is 12.7. The maximum absolute atomic E-state index is 14.3. The van der Waals surface area contributed by atoms with Gasteiger partial charge >= 0.3 is 6.09 Å². The largest absolute Gasteiger partial charge is 0.488 e. The van der Waals surface area contributed by atoms with Gasteiger partial charge in [0.25, 0.3) is 0 Å². The summed E-state index contributed by atoms with van der Waals surface area (Å²) in [6.45, 7) is 11.7. The molecule has 5 heterocycles. The van der Waals surface area contributed by atoms with E-state index in [1.807, 2.05) is 43.9 Å². The van der Waals surface area contributed by atoms with Crippen molar-refractivity contribution in [3.8, 4) is 28.1 Å². The highest BCUT2D eigenvalue weighted by atomic mass is 16.6. The van der Waals surface area contributed by atoms with E-state index in [4.69, 9.17) is 28.9 Å². The fourth-order valence-electron chi connectivity index (χ4n) is 9.36. The molecule has 0 aliphatic carbocycles. The van der Waals surface area contributed by atoms with Crippen LogP contribution in [0.2, 0.25) is 0 Å². The molecule has 2 aromatic heterocycles. The van der Waals surface area contributed by atoms with Crippen LogP contribution < -0.4 is 15.4 Å². The van der Waals surface area contributed by atoms with E-state index in [1.165, 1.54) is 14.2 Å². The SMILES string of the molecule is C=C(/C=C\C=C/C)[C@@H](NC(O)OC)C(=O)N1C[C@@H](COC)C[C@H]1c1ncc(-c2ccc3c(c2)COc2cc4c(ccc5[nH]c([C@@H]6CCCN6C(=O)[C@@H](NC(=O)OC)C(C)C)nc54)cc2-3)[nH]1. The van der Waals surface area contributed by atoms with Gasteiger partial charge in [0.15, 0.2) is 0 Å². The molecule has 0 bridgehead atoms. The number of H-pyrrole nitrogens is 2. The number of amides is 3. The van der Waals surface area contributed by atoms with Gasteiger partial charge in [-0.05, 0) is 84.0 Å². The molecule has 1 unspecified atom stereocenters. The number of benzene rings is 3. The third-order valence-electron chi connectivity index (χ3n) is 12.7. The number of carbonyl (C=O) groups excluding carboxylic acids is 3. The van der Waals surface area contributed by atoms with E-state index >= 15 is 0 Å². The van der Waals surface area contributed by atoms with Crippen molar-refractivity contribution in [3.05, 3.63) is 102 Å². The highest BCUT2D eigenvalue weighted by Crippen LogP contribution is 2.44. The van der Waals surface area contributed by atoms with Crippen molar-refractivity contribution in [1.82, 2.24) is 40.4 Å². The summed E-state index contributed by atoms with van der Waals surface area (Å²) in [5.41, 5.74) is 6.93. The Morgan fingerprint density at radius 1 is 1.02 bits per heavy atom. The van der Waals surface area contributed by atoms with Crippen LogP contribution in [0.3, 0.4) is 0 Å². The van der Waals surface area contributed by atoms with Gasteiger partial charge in [-0.3, -0.25) is 14.9 Å². The Bertz CT molecular complexity index is 2650. The predicted octanol–water partition coefficient (Wildman–Crippen LogP) is 6.81. The molecule has 16 heteroatoms. The van der Waals surface area contributed by atoms with Crippen LogP contribution in [0, 0.1) is 11.8 Å². The number of methoxy groups -OCH3 is 3. The molecule has 5 aromatic rings. The number of hydrogen-bond acceptors (Lipinski definition) is 11. The van der Waals surface area contributed by atoms with Crippen LogP contribution in [0.5, 0.6) is 5.75 Å². The maximum Gasteiger partial charge on any atom is 0.407 e. The molecule has 3 aliphatic rings. The van der Waals surface area contributed by atoms with Gasteiger partial charge in [0.05, 0.1) is 48.7 Å². The minimum Gasteiger partial charge on any atom is -0.488 e. The van der Waals surface area contributed by atoms with E-state index in [2.05, 4.69) is 63.6 Å². The minimum atomic E-state index is -1.38. The average Bonchev–Trinajstić information content (AvgIpc) is 4.15. The number of likely N-dealkylation sites (tertiary alicyclic amines) is 2. The number of carbonyl (C=O) groups is 3. The molecule has 2 saturated heterocycles. The predicted molar refractivity (Wildman–Crippen MR) is 246 cm³/mol. The monoisotopic (exact) mass is 886 g/mol. The summed E-state index contributed by atoms with van der Waals surface area (Å²) in [7, 11) is 4.30. The lowest BCUT2D eigenvalue weighted by Gasteiger charge is -2.30. The summed E-state index contributed by atoms with van der Waals surface area (Å²) in [6.07, 6.45) is 9.24. The molecule has 0 spiro atoms. The number of fused-ring (bicyclic) bond motifs is 6. The lowest BCUT2D eigenvalue weighted by Crippen LogP contribution is -2.51. The first-order chi connectivity index (χ1) is 31.4. The number of nitrogens with zero attached hydrogens (tertiary/aromatic N) is 4. The maximum atomic E-state index is 14.3. The van der Waals surface area contributed by atoms with Crippen molar-refractivity contribution in [1.29, 1.82) is 0 Å². The zero-order chi connectivity index (χ0) is 45.9. The van der Waals surface area contributed by atoms with E-state index in [-0.39, 0.29) is 35.7 Å². The Kier molecular flexibility index (Phi) is 13.5. The highest BCUT2D eigenvalue weighted by molar-refractivity contribution is 6.07. The van der Waals surface area contributed by atoms with E-state index in [0.717, 1.165) is 68.3 Å². The third kappa shape index (κ3) is 9.16. The van der Waals surface area contributed by atoms with Crippen molar-refractivity contribution < 1.29 is 38.4 Å². The Balaban J connectivity index is 1.04. The first kappa shape index (κ1) is 45.2. The summed E-state index contributed by atoms with van der Waals surface area (Å²) in [4.78, 5) is 60.7. The standard InChI is InChI=1S/C49H58N8O8/c1-8-9-10-12-28(4)42(55-49(61)64-7)47(59)57-24-29(25-62-5)19-39(57)44-50-23-37(52-44)31-14-16-33-32(20-31)26-65-40-22-34-30(21-35(33)40)15-17-36-43(34)53-45(51-36)38-13-11-18-56(38)46(58)41(27(2)3)54-48(60)63-6/h8-10,12,14-17,20-23,27,29,38-39,41-42,49,55,61H,4,11,13,18-19,24-26H2,1-3,5-7H3,(H,50,52)(H,51,53)(H,54,60)/b9-8-,12-10-/t29-,38-,39-,41-,42+,49?/m0/s1. The number of nitrogens with one attached hydrogen (secondary N) is 4. The molecule has 16 nitrogen and oxygen atoms in total. The topological polar surface area (TPSA) is 196 Å². The highest BCUT2D eigenvalue weighted by Gasteiger charge is 2.42. The summed E-state index contributed by atoms with van der Waals surface area (Å²) in [5.74, 6) is 1.64. The van der Waals surface area contributed by atoms with Crippen molar-refractivity contribution in [3.63, 3.8) is 0 Å². The average molecular weight is 887 g/mol. The lowest BCUT2D eigenvalue weighted by molar-refractivity contribution is -0.141. The number of aliphatic hydroxyl groups is 1. The van der Waals surface area contributed by atoms with Crippen LogP contribution in [0.1, 0.15) is 69.3 Å². The van der Waals surface area contributed by atoms with Crippen LogP contribution >= 0.6 is 0 Å². The molecule has 342 valence electrons. The number of imidazole rings is 2. The molecule has 3 amide bonds. The number of ether oxygens (including phenoxy) is 4. The second-order valence-corrected chi connectivity index (χ2v) is 17.3. The summed E-state index contributed by atoms with van der Waals surface area (Å²) >= 11 is 0. The number of alkyl carbamates (subject to hydrolysis) is 1. The Hall–Kier alpha value is -6.33. The first-order valence-electron chi connectivity index (χ1n) is 22.1. The number of aliphatic hydroxyl groups excluding tert-OH is 1. The quantitative estimate of drug-likeness (QED) is 0.0547. The number of aromatic nitrogens is 4. The lowest BCUT2D eigenvalue weighted by atomic mass is 9.92. The van der Waals surface area contributed by atoms with Crippen molar-refractivity contribution in [2.75, 3.05) is 41.0 Å². The van der Waals surface area contributed by atoms with Crippen LogP contribution in [-0.2, 0) is 30.4 Å². The number of hydrogen-bond donors (Lipinski definition) is 5. The fraction of sp³-hybridized carbons (Fsp3) is 0.408. The van der Waals surface area contributed by atoms with Gasteiger partial charge in [0, 0.05) is 44.2 Å². The van der Waals surface area contributed by atoms with Gasteiger partial charge in [0.2, 0.25) is 18.2 Å². The van der Waals surface area contributed by atoms with Crippen molar-refractivity contribution in [2.24, 2.45) is 11.8 Å².